The highest BCUT2D eigenvalue weighted by Gasteiger charge is 2.32. The van der Waals surface area contributed by atoms with Gasteiger partial charge >= 0.3 is 0 Å². The first-order chi connectivity index (χ1) is 13.3. The van der Waals surface area contributed by atoms with Gasteiger partial charge in [-0.3, -0.25) is 14.8 Å². The van der Waals surface area contributed by atoms with Crippen molar-refractivity contribution in [3.63, 3.8) is 0 Å². The fourth-order valence-corrected chi connectivity index (χ4v) is 5.20. The molecule has 0 aromatic rings. The van der Waals surface area contributed by atoms with Crippen LogP contribution in [0.1, 0.15) is 46.0 Å². The highest BCUT2D eigenvalue weighted by Crippen LogP contribution is 2.23. The number of likely N-dealkylation sites (tertiary alicyclic amines) is 2. The molecule has 6 nitrogen and oxygen atoms in total. The van der Waals surface area contributed by atoms with E-state index in [0.29, 0.717) is 12.1 Å². The summed E-state index contributed by atoms with van der Waals surface area (Å²) in [6.07, 6.45) is 6.49. The second-order valence-corrected chi connectivity index (χ2v) is 8.35. The van der Waals surface area contributed by atoms with Crippen LogP contribution in [0.2, 0.25) is 0 Å². The molecule has 0 spiro atoms. The number of ether oxygens (including phenoxy) is 1. The Morgan fingerprint density at radius 1 is 1.07 bits per heavy atom. The molecule has 0 aromatic carbocycles. The number of rotatable bonds is 7. The Hall–Kier alpha value is -0.850. The Kier molecular flexibility index (Phi) is 8.22. The molecule has 156 valence electrons. The Labute approximate surface area is 166 Å². The van der Waals surface area contributed by atoms with Crippen LogP contribution in [0.4, 0.5) is 0 Å². The summed E-state index contributed by atoms with van der Waals surface area (Å²) < 4.78 is 5.52. The molecule has 3 aliphatic heterocycles. The van der Waals surface area contributed by atoms with E-state index in [1.807, 2.05) is 7.05 Å². The van der Waals surface area contributed by atoms with Gasteiger partial charge in [0.1, 0.15) is 0 Å². The van der Waals surface area contributed by atoms with Gasteiger partial charge < -0.3 is 15.0 Å². The number of morpholine rings is 1. The maximum Gasteiger partial charge on any atom is 0.193 e. The second-order valence-electron chi connectivity index (χ2n) is 8.35. The van der Waals surface area contributed by atoms with Gasteiger partial charge in [0.05, 0.1) is 13.2 Å². The van der Waals surface area contributed by atoms with Crippen LogP contribution >= 0.6 is 0 Å². The predicted octanol–water partition coefficient (Wildman–Crippen LogP) is 1.87. The third-order valence-corrected chi connectivity index (χ3v) is 6.91. The van der Waals surface area contributed by atoms with Crippen molar-refractivity contribution in [2.75, 3.05) is 66.1 Å². The summed E-state index contributed by atoms with van der Waals surface area (Å²) >= 11 is 0. The van der Waals surface area contributed by atoms with Gasteiger partial charge in [0.25, 0.3) is 0 Å². The van der Waals surface area contributed by atoms with Crippen molar-refractivity contribution in [1.82, 2.24) is 20.0 Å². The zero-order valence-corrected chi connectivity index (χ0v) is 17.8. The molecule has 0 aromatic heterocycles. The average Bonchev–Trinajstić information content (AvgIpc) is 3.41. The van der Waals surface area contributed by atoms with Gasteiger partial charge in [-0.05, 0) is 38.3 Å². The van der Waals surface area contributed by atoms with Crippen LogP contribution in [0.25, 0.3) is 0 Å². The first kappa shape index (κ1) is 20.9. The van der Waals surface area contributed by atoms with E-state index in [1.165, 1.54) is 45.2 Å². The molecule has 3 fully saturated rings. The van der Waals surface area contributed by atoms with Crippen molar-refractivity contribution in [3.8, 4) is 0 Å². The fraction of sp³-hybridized carbons (Fsp3) is 0.952. The molecule has 0 bridgehead atoms. The van der Waals surface area contributed by atoms with Gasteiger partial charge in [-0.2, -0.15) is 0 Å². The molecule has 27 heavy (non-hydrogen) atoms. The Morgan fingerprint density at radius 3 is 2.41 bits per heavy atom. The Morgan fingerprint density at radius 2 is 1.78 bits per heavy atom. The fourth-order valence-electron chi connectivity index (χ4n) is 5.20. The minimum Gasteiger partial charge on any atom is -0.379 e. The quantitative estimate of drug-likeness (QED) is 0.540. The molecule has 3 saturated heterocycles. The standard InChI is InChI=1S/C21H41N5O/c1-4-18(5-2)20(25-9-6-7-10-25)16-23-21(22-3)26-11-8-19(17-26)24-12-14-27-15-13-24/h18-20H,4-17H2,1-3H3,(H,22,23). The summed E-state index contributed by atoms with van der Waals surface area (Å²) in [5.74, 6) is 1.87. The van der Waals surface area contributed by atoms with Crippen LogP contribution in [-0.2, 0) is 4.74 Å². The van der Waals surface area contributed by atoms with E-state index in [9.17, 15) is 0 Å². The number of hydrogen-bond acceptors (Lipinski definition) is 4. The zero-order chi connectivity index (χ0) is 19.1. The molecule has 3 heterocycles. The van der Waals surface area contributed by atoms with E-state index < -0.39 is 0 Å². The first-order valence-corrected chi connectivity index (χ1v) is 11.3. The van der Waals surface area contributed by atoms with Crippen LogP contribution in [0.15, 0.2) is 4.99 Å². The van der Waals surface area contributed by atoms with Gasteiger partial charge in [0, 0.05) is 51.9 Å². The summed E-state index contributed by atoms with van der Waals surface area (Å²) in [7, 11) is 1.94. The minimum atomic E-state index is 0.636. The third kappa shape index (κ3) is 5.36. The largest absolute Gasteiger partial charge is 0.379 e. The number of hydrogen-bond donors (Lipinski definition) is 1. The van der Waals surface area contributed by atoms with E-state index >= 15 is 0 Å². The third-order valence-electron chi connectivity index (χ3n) is 6.91. The molecule has 1 N–H and O–H groups in total. The van der Waals surface area contributed by atoms with Crippen molar-refractivity contribution in [2.24, 2.45) is 10.9 Å². The summed E-state index contributed by atoms with van der Waals surface area (Å²) in [5.41, 5.74) is 0. The highest BCUT2D eigenvalue weighted by atomic mass is 16.5. The predicted molar refractivity (Wildman–Crippen MR) is 112 cm³/mol. The van der Waals surface area contributed by atoms with Gasteiger partial charge in [0.15, 0.2) is 5.96 Å². The van der Waals surface area contributed by atoms with Crippen LogP contribution in [-0.4, -0.2) is 98.8 Å². The lowest BCUT2D eigenvalue weighted by molar-refractivity contribution is 0.0194. The van der Waals surface area contributed by atoms with E-state index in [0.717, 1.165) is 57.8 Å². The molecule has 0 radical (unpaired) electrons. The van der Waals surface area contributed by atoms with Crippen molar-refractivity contribution >= 4 is 5.96 Å². The summed E-state index contributed by atoms with van der Waals surface area (Å²) in [6.45, 7) is 14.4. The first-order valence-electron chi connectivity index (χ1n) is 11.3. The van der Waals surface area contributed by atoms with Crippen LogP contribution in [0.5, 0.6) is 0 Å². The number of guanidine groups is 1. The number of nitrogens with one attached hydrogen (secondary N) is 1. The normalized spacial score (nSPS) is 26.9. The van der Waals surface area contributed by atoms with Crippen LogP contribution < -0.4 is 5.32 Å². The molecule has 0 saturated carbocycles. The SMILES string of the molecule is CCC(CC)C(CNC(=NC)N1CCC(N2CCOCC2)C1)N1CCCC1. The van der Waals surface area contributed by atoms with Crippen molar-refractivity contribution in [2.45, 2.75) is 58.0 Å². The van der Waals surface area contributed by atoms with Crippen LogP contribution in [0, 0.1) is 5.92 Å². The van der Waals surface area contributed by atoms with Gasteiger partial charge in [-0.25, -0.2) is 0 Å². The lowest BCUT2D eigenvalue weighted by atomic mass is 9.93. The van der Waals surface area contributed by atoms with E-state index in [1.54, 1.807) is 0 Å². The zero-order valence-electron chi connectivity index (χ0n) is 17.8. The topological polar surface area (TPSA) is 43.3 Å². The highest BCUT2D eigenvalue weighted by molar-refractivity contribution is 5.80. The Balaban J connectivity index is 1.54. The maximum absolute atomic E-state index is 5.52. The van der Waals surface area contributed by atoms with Gasteiger partial charge in [-0.15, -0.1) is 0 Å². The van der Waals surface area contributed by atoms with Crippen molar-refractivity contribution in [3.05, 3.63) is 0 Å². The monoisotopic (exact) mass is 379 g/mol. The molecule has 0 amide bonds. The number of aliphatic imine (C=N–C) groups is 1. The molecule has 3 rings (SSSR count). The molecule has 6 heteroatoms. The summed E-state index contributed by atoms with van der Waals surface area (Å²) in [6, 6.07) is 1.29. The van der Waals surface area contributed by atoms with E-state index in [4.69, 9.17) is 4.74 Å². The maximum atomic E-state index is 5.52. The lowest BCUT2D eigenvalue weighted by Crippen LogP contribution is -2.51. The van der Waals surface area contributed by atoms with Crippen LogP contribution in [0.3, 0.4) is 0 Å². The minimum absolute atomic E-state index is 0.636. The van der Waals surface area contributed by atoms with Crippen molar-refractivity contribution < 1.29 is 4.74 Å². The molecule has 0 aliphatic carbocycles. The number of nitrogens with zero attached hydrogens (tertiary/aromatic N) is 4. The smallest absolute Gasteiger partial charge is 0.193 e. The molecular weight excluding hydrogens is 338 g/mol. The van der Waals surface area contributed by atoms with E-state index in [-0.39, 0.29) is 0 Å². The Bertz CT molecular complexity index is 453. The van der Waals surface area contributed by atoms with Gasteiger partial charge in [0.2, 0.25) is 0 Å². The second kappa shape index (κ2) is 10.6. The molecule has 3 aliphatic rings. The molecule has 2 atom stereocenters. The van der Waals surface area contributed by atoms with Gasteiger partial charge in [-0.1, -0.05) is 26.7 Å². The summed E-state index contributed by atoms with van der Waals surface area (Å²) in [5, 5.41) is 3.75. The average molecular weight is 380 g/mol. The molecular formula is C21H41N5O. The molecule has 2 unspecified atom stereocenters. The summed E-state index contributed by atoms with van der Waals surface area (Å²) in [4.78, 5) is 12.4. The van der Waals surface area contributed by atoms with E-state index in [2.05, 4.69) is 38.9 Å². The lowest BCUT2D eigenvalue weighted by Gasteiger charge is -2.35. The van der Waals surface area contributed by atoms with Crippen molar-refractivity contribution in [1.29, 1.82) is 0 Å².